The van der Waals surface area contributed by atoms with Crippen LogP contribution in [0.15, 0.2) is 48.5 Å². The van der Waals surface area contributed by atoms with Crippen molar-refractivity contribution < 1.29 is 18.0 Å². The molecule has 0 radical (unpaired) electrons. The molecule has 1 atom stereocenters. The van der Waals surface area contributed by atoms with Gasteiger partial charge in [0.05, 0.1) is 11.3 Å². The number of amides is 2. The second-order valence-electron chi connectivity index (χ2n) is 7.76. The van der Waals surface area contributed by atoms with Gasteiger partial charge in [-0.2, -0.15) is 13.2 Å². The highest BCUT2D eigenvalue weighted by molar-refractivity contribution is 7.99. The average molecular weight is 408 g/mol. The molecule has 0 aromatic heterocycles. The number of urea groups is 1. The number of nitrogens with zero attached hydrogens (tertiary/aromatic N) is 1. The molecule has 0 saturated carbocycles. The van der Waals surface area contributed by atoms with Gasteiger partial charge in [-0.1, -0.05) is 57.2 Å². The van der Waals surface area contributed by atoms with Gasteiger partial charge in [0.2, 0.25) is 0 Å². The standard InChI is InChI=1S/C21H23F3N2OS/c1-20(2,3)15-10-8-14(9-11-15)18-26(12-13-28-18)19(27)25-17-7-5-4-6-16(17)21(22,23)24/h4-11,18H,12-13H2,1-3H3,(H,25,27). The Hall–Kier alpha value is -2.15. The van der Waals surface area contributed by atoms with Gasteiger partial charge < -0.3 is 10.2 Å². The summed E-state index contributed by atoms with van der Waals surface area (Å²) in [5, 5.41) is 2.23. The van der Waals surface area contributed by atoms with Crippen LogP contribution >= 0.6 is 11.8 Å². The maximum Gasteiger partial charge on any atom is 0.418 e. The molecular formula is C21H23F3N2OS. The molecular weight excluding hydrogens is 385 g/mol. The number of thioether (sulfide) groups is 1. The predicted molar refractivity (Wildman–Crippen MR) is 108 cm³/mol. The number of hydrogen-bond acceptors (Lipinski definition) is 2. The van der Waals surface area contributed by atoms with Crippen LogP contribution in [0.5, 0.6) is 0 Å². The predicted octanol–water partition coefficient (Wildman–Crippen LogP) is 6.28. The zero-order valence-corrected chi connectivity index (χ0v) is 16.8. The third-order valence-electron chi connectivity index (χ3n) is 4.69. The van der Waals surface area contributed by atoms with E-state index in [2.05, 4.69) is 26.1 Å². The summed E-state index contributed by atoms with van der Waals surface area (Å²) in [6.45, 7) is 6.87. The van der Waals surface area contributed by atoms with Gasteiger partial charge in [-0.25, -0.2) is 4.79 Å². The van der Waals surface area contributed by atoms with E-state index < -0.39 is 17.8 Å². The Bertz CT molecular complexity index is 844. The Morgan fingerprint density at radius 3 is 2.32 bits per heavy atom. The van der Waals surface area contributed by atoms with Crippen molar-refractivity contribution in [3.63, 3.8) is 0 Å². The number of hydrogen-bond donors (Lipinski definition) is 1. The number of carbonyl (C=O) groups excluding carboxylic acids is 1. The average Bonchev–Trinajstić information content (AvgIpc) is 3.10. The van der Waals surface area contributed by atoms with Crippen molar-refractivity contribution in [2.75, 3.05) is 17.6 Å². The van der Waals surface area contributed by atoms with Gasteiger partial charge in [0.1, 0.15) is 5.37 Å². The van der Waals surface area contributed by atoms with Crippen LogP contribution in [0.2, 0.25) is 0 Å². The second kappa shape index (κ2) is 7.70. The molecule has 150 valence electrons. The molecule has 3 rings (SSSR count). The quantitative estimate of drug-likeness (QED) is 0.634. The highest BCUT2D eigenvalue weighted by Gasteiger charge is 2.35. The van der Waals surface area contributed by atoms with Crippen molar-refractivity contribution in [3.8, 4) is 0 Å². The third-order valence-corrected chi connectivity index (χ3v) is 5.95. The topological polar surface area (TPSA) is 32.3 Å². The molecule has 1 aliphatic rings. The van der Waals surface area contributed by atoms with E-state index in [0.717, 1.165) is 17.4 Å². The zero-order chi connectivity index (χ0) is 20.5. The molecule has 1 N–H and O–H groups in total. The lowest BCUT2D eigenvalue weighted by molar-refractivity contribution is -0.136. The van der Waals surface area contributed by atoms with Crippen molar-refractivity contribution in [2.24, 2.45) is 0 Å². The second-order valence-corrected chi connectivity index (χ2v) is 8.95. The molecule has 0 spiro atoms. The summed E-state index contributed by atoms with van der Waals surface area (Å²) in [5.74, 6) is 0.736. The van der Waals surface area contributed by atoms with Crippen LogP contribution in [0.3, 0.4) is 0 Å². The number of alkyl halides is 3. The smallest absolute Gasteiger partial charge is 0.308 e. The van der Waals surface area contributed by atoms with Gasteiger partial charge in [0.25, 0.3) is 0 Å². The first-order valence-corrected chi connectivity index (χ1v) is 10.1. The van der Waals surface area contributed by atoms with Crippen molar-refractivity contribution in [3.05, 3.63) is 65.2 Å². The van der Waals surface area contributed by atoms with Gasteiger partial charge in [0, 0.05) is 12.3 Å². The van der Waals surface area contributed by atoms with Crippen molar-refractivity contribution in [1.82, 2.24) is 4.90 Å². The van der Waals surface area contributed by atoms with Crippen molar-refractivity contribution in [1.29, 1.82) is 0 Å². The van der Waals surface area contributed by atoms with Crippen LogP contribution in [0.1, 0.15) is 42.8 Å². The van der Waals surface area contributed by atoms with E-state index in [9.17, 15) is 18.0 Å². The number of nitrogens with one attached hydrogen (secondary N) is 1. The fourth-order valence-corrected chi connectivity index (χ4v) is 4.38. The number of para-hydroxylation sites is 1. The van der Waals surface area contributed by atoms with E-state index in [-0.39, 0.29) is 16.5 Å². The van der Waals surface area contributed by atoms with Crippen LogP contribution in [0.25, 0.3) is 0 Å². The number of halogens is 3. The number of anilines is 1. The molecule has 28 heavy (non-hydrogen) atoms. The fraction of sp³-hybridized carbons (Fsp3) is 0.381. The summed E-state index contributed by atoms with van der Waals surface area (Å²) in [7, 11) is 0. The summed E-state index contributed by atoms with van der Waals surface area (Å²) >= 11 is 1.61. The van der Waals surface area contributed by atoms with E-state index in [0.29, 0.717) is 6.54 Å². The minimum absolute atomic E-state index is 0.0275. The van der Waals surface area contributed by atoms with Crippen LogP contribution in [-0.4, -0.2) is 23.2 Å². The van der Waals surface area contributed by atoms with Crippen LogP contribution in [0, 0.1) is 0 Å². The lowest BCUT2D eigenvalue weighted by Gasteiger charge is -2.26. The molecule has 1 saturated heterocycles. The first kappa shape index (κ1) is 20.6. The highest BCUT2D eigenvalue weighted by Crippen LogP contribution is 2.40. The summed E-state index contributed by atoms with van der Waals surface area (Å²) < 4.78 is 39.5. The van der Waals surface area contributed by atoms with E-state index in [4.69, 9.17) is 0 Å². The minimum Gasteiger partial charge on any atom is -0.308 e. The molecule has 1 unspecified atom stereocenters. The lowest BCUT2D eigenvalue weighted by Crippen LogP contribution is -2.35. The summed E-state index contributed by atoms with van der Waals surface area (Å²) in [6, 6.07) is 12.6. The molecule has 2 aromatic rings. The van der Waals surface area contributed by atoms with Crippen LogP contribution < -0.4 is 5.32 Å². The van der Waals surface area contributed by atoms with E-state index in [1.54, 1.807) is 16.7 Å². The van der Waals surface area contributed by atoms with Gasteiger partial charge in [-0.3, -0.25) is 0 Å². The molecule has 2 amide bonds. The Kier molecular flexibility index (Phi) is 5.66. The Morgan fingerprint density at radius 2 is 1.71 bits per heavy atom. The maximum absolute atomic E-state index is 13.2. The molecule has 0 bridgehead atoms. The first-order valence-electron chi connectivity index (χ1n) is 9.03. The zero-order valence-electron chi connectivity index (χ0n) is 16.0. The molecule has 1 heterocycles. The lowest BCUT2D eigenvalue weighted by atomic mass is 9.87. The van der Waals surface area contributed by atoms with E-state index in [1.165, 1.54) is 23.8 Å². The number of benzene rings is 2. The monoisotopic (exact) mass is 408 g/mol. The number of rotatable bonds is 2. The van der Waals surface area contributed by atoms with Gasteiger partial charge in [0.15, 0.2) is 0 Å². The van der Waals surface area contributed by atoms with Gasteiger partial charge >= 0.3 is 12.2 Å². The molecule has 3 nitrogen and oxygen atoms in total. The fourth-order valence-electron chi connectivity index (χ4n) is 3.13. The normalized spacial score (nSPS) is 17.6. The van der Waals surface area contributed by atoms with Crippen molar-refractivity contribution in [2.45, 2.75) is 37.7 Å². The SMILES string of the molecule is CC(C)(C)c1ccc(C2SCCN2C(=O)Nc2ccccc2C(F)(F)F)cc1. The summed E-state index contributed by atoms with van der Waals surface area (Å²) in [5.41, 5.74) is 1.11. The Morgan fingerprint density at radius 1 is 1.07 bits per heavy atom. The highest BCUT2D eigenvalue weighted by atomic mass is 32.2. The first-order chi connectivity index (χ1) is 13.1. The van der Waals surface area contributed by atoms with Crippen LogP contribution in [-0.2, 0) is 11.6 Å². The van der Waals surface area contributed by atoms with Crippen molar-refractivity contribution >= 4 is 23.5 Å². The minimum atomic E-state index is -4.52. The third kappa shape index (κ3) is 4.46. The molecule has 2 aromatic carbocycles. The summed E-state index contributed by atoms with van der Waals surface area (Å²) in [4.78, 5) is 14.3. The maximum atomic E-state index is 13.2. The Labute approximate surface area is 167 Å². The van der Waals surface area contributed by atoms with Crippen LogP contribution in [0.4, 0.5) is 23.7 Å². The molecule has 0 aliphatic carbocycles. The number of carbonyl (C=O) groups is 1. The van der Waals surface area contributed by atoms with Gasteiger partial charge in [-0.15, -0.1) is 11.8 Å². The molecule has 1 fully saturated rings. The van der Waals surface area contributed by atoms with E-state index in [1.807, 2.05) is 24.3 Å². The largest absolute Gasteiger partial charge is 0.418 e. The summed E-state index contributed by atoms with van der Waals surface area (Å²) in [6.07, 6.45) is -4.52. The molecule has 7 heteroatoms. The molecule has 1 aliphatic heterocycles. The van der Waals surface area contributed by atoms with E-state index >= 15 is 0 Å². The van der Waals surface area contributed by atoms with Gasteiger partial charge in [-0.05, 0) is 28.7 Å². The Balaban J connectivity index is 1.79.